The van der Waals surface area contributed by atoms with Gasteiger partial charge in [-0.1, -0.05) is 37.3 Å². The Morgan fingerprint density at radius 2 is 1.95 bits per heavy atom. The van der Waals surface area contributed by atoms with Crippen LogP contribution in [-0.2, 0) is 13.2 Å². The summed E-state index contributed by atoms with van der Waals surface area (Å²) in [6.45, 7) is 4.06. The first-order chi connectivity index (χ1) is 9.29. The first-order valence-corrected chi connectivity index (χ1v) is 6.45. The molecule has 0 bridgehead atoms. The lowest BCUT2D eigenvalue weighted by Crippen LogP contribution is -2.11. The predicted octanol–water partition coefficient (Wildman–Crippen LogP) is 3.51. The van der Waals surface area contributed by atoms with E-state index in [-0.39, 0.29) is 12.4 Å². The first kappa shape index (κ1) is 13.6. The van der Waals surface area contributed by atoms with Gasteiger partial charge in [0.1, 0.15) is 18.2 Å². The van der Waals surface area contributed by atoms with E-state index in [1.807, 2.05) is 30.3 Å². The molecule has 0 amide bonds. The van der Waals surface area contributed by atoms with Gasteiger partial charge in [-0.05, 0) is 30.3 Å². The van der Waals surface area contributed by atoms with Crippen LogP contribution < -0.4 is 10.1 Å². The average Bonchev–Trinajstić information content (AvgIpc) is 2.45. The average molecular weight is 259 g/mol. The monoisotopic (exact) mass is 259 g/mol. The van der Waals surface area contributed by atoms with Crippen molar-refractivity contribution in [3.8, 4) is 5.75 Å². The minimum atomic E-state index is -0.230. The summed E-state index contributed by atoms with van der Waals surface area (Å²) in [6.07, 6.45) is 0. The topological polar surface area (TPSA) is 21.3 Å². The van der Waals surface area contributed by atoms with Crippen molar-refractivity contribution in [2.45, 2.75) is 20.1 Å². The highest BCUT2D eigenvalue weighted by atomic mass is 19.1. The highest BCUT2D eigenvalue weighted by molar-refractivity contribution is 5.29. The number of benzene rings is 2. The van der Waals surface area contributed by atoms with Crippen LogP contribution in [0, 0.1) is 5.82 Å². The van der Waals surface area contributed by atoms with E-state index in [1.54, 1.807) is 12.1 Å². The minimum Gasteiger partial charge on any atom is -0.489 e. The van der Waals surface area contributed by atoms with Crippen LogP contribution in [0.4, 0.5) is 4.39 Å². The van der Waals surface area contributed by atoms with Gasteiger partial charge in [0.15, 0.2) is 0 Å². The molecule has 0 fully saturated rings. The van der Waals surface area contributed by atoms with Gasteiger partial charge in [-0.15, -0.1) is 0 Å². The first-order valence-electron chi connectivity index (χ1n) is 6.45. The number of hydrogen-bond donors (Lipinski definition) is 1. The second-order valence-electron chi connectivity index (χ2n) is 4.31. The Kier molecular flexibility index (Phi) is 4.93. The van der Waals surface area contributed by atoms with E-state index in [9.17, 15) is 4.39 Å². The largest absolute Gasteiger partial charge is 0.489 e. The summed E-state index contributed by atoms with van der Waals surface area (Å²) in [4.78, 5) is 0. The van der Waals surface area contributed by atoms with Crippen LogP contribution in [0.25, 0.3) is 0 Å². The zero-order chi connectivity index (χ0) is 13.5. The summed E-state index contributed by atoms with van der Waals surface area (Å²) in [5.74, 6) is 0.532. The maximum absolute atomic E-state index is 13.4. The van der Waals surface area contributed by atoms with Crippen LogP contribution in [0.1, 0.15) is 18.1 Å². The van der Waals surface area contributed by atoms with Crippen molar-refractivity contribution in [3.05, 3.63) is 65.5 Å². The molecule has 0 aliphatic rings. The molecule has 0 saturated heterocycles. The molecule has 19 heavy (non-hydrogen) atoms. The minimum absolute atomic E-state index is 0.230. The standard InChI is InChI=1S/C16H18FNO/c1-2-18-11-13-6-5-8-15(10-13)19-12-14-7-3-4-9-16(14)17/h3-10,18H,2,11-12H2,1H3. The summed E-state index contributed by atoms with van der Waals surface area (Å²) < 4.78 is 19.1. The van der Waals surface area contributed by atoms with Crippen LogP contribution in [0.15, 0.2) is 48.5 Å². The van der Waals surface area contributed by atoms with Crippen molar-refractivity contribution in [2.75, 3.05) is 6.54 Å². The quantitative estimate of drug-likeness (QED) is 0.857. The Hall–Kier alpha value is -1.87. The molecule has 0 unspecified atom stereocenters. The maximum Gasteiger partial charge on any atom is 0.129 e. The molecule has 2 aromatic carbocycles. The van der Waals surface area contributed by atoms with Gasteiger partial charge in [-0.25, -0.2) is 4.39 Å². The van der Waals surface area contributed by atoms with Gasteiger partial charge in [-0.2, -0.15) is 0 Å². The number of nitrogens with one attached hydrogen (secondary N) is 1. The Bertz CT molecular complexity index is 528. The van der Waals surface area contributed by atoms with Crippen molar-refractivity contribution in [1.82, 2.24) is 5.32 Å². The smallest absolute Gasteiger partial charge is 0.129 e. The van der Waals surface area contributed by atoms with E-state index in [4.69, 9.17) is 4.74 Å². The maximum atomic E-state index is 13.4. The molecule has 0 radical (unpaired) electrons. The van der Waals surface area contributed by atoms with Gasteiger partial charge >= 0.3 is 0 Å². The van der Waals surface area contributed by atoms with Crippen molar-refractivity contribution in [3.63, 3.8) is 0 Å². The molecule has 2 rings (SSSR count). The summed E-state index contributed by atoms with van der Waals surface area (Å²) in [5.41, 5.74) is 1.73. The third-order valence-corrected chi connectivity index (χ3v) is 2.83. The van der Waals surface area contributed by atoms with Gasteiger partial charge in [0.2, 0.25) is 0 Å². The molecule has 0 spiro atoms. The Morgan fingerprint density at radius 3 is 2.74 bits per heavy atom. The molecule has 0 saturated carbocycles. The summed E-state index contributed by atoms with van der Waals surface area (Å²) >= 11 is 0. The fourth-order valence-corrected chi connectivity index (χ4v) is 1.79. The number of halogens is 1. The van der Waals surface area contributed by atoms with Crippen molar-refractivity contribution in [2.24, 2.45) is 0 Å². The summed E-state index contributed by atoms with van der Waals surface area (Å²) in [5, 5.41) is 3.26. The van der Waals surface area contributed by atoms with E-state index >= 15 is 0 Å². The number of rotatable bonds is 6. The van der Waals surface area contributed by atoms with Gasteiger partial charge in [0, 0.05) is 12.1 Å². The molecular formula is C16H18FNO. The Labute approximate surface area is 113 Å². The van der Waals surface area contributed by atoms with E-state index in [0.717, 1.165) is 24.4 Å². The SMILES string of the molecule is CCNCc1cccc(OCc2ccccc2F)c1. The number of hydrogen-bond acceptors (Lipinski definition) is 2. The molecule has 100 valence electrons. The lowest BCUT2D eigenvalue weighted by Gasteiger charge is -2.09. The zero-order valence-electron chi connectivity index (χ0n) is 11.0. The second kappa shape index (κ2) is 6.90. The van der Waals surface area contributed by atoms with E-state index in [1.165, 1.54) is 6.07 Å². The highest BCUT2D eigenvalue weighted by Gasteiger charge is 2.02. The van der Waals surface area contributed by atoms with E-state index < -0.39 is 0 Å². The molecule has 2 nitrogen and oxygen atoms in total. The second-order valence-corrected chi connectivity index (χ2v) is 4.31. The molecule has 3 heteroatoms. The molecular weight excluding hydrogens is 241 g/mol. The molecule has 0 heterocycles. The Morgan fingerprint density at radius 1 is 1.11 bits per heavy atom. The molecule has 0 atom stereocenters. The number of ether oxygens (including phenoxy) is 1. The normalized spacial score (nSPS) is 10.4. The third kappa shape index (κ3) is 4.07. The summed E-state index contributed by atoms with van der Waals surface area (Å²) in [7, 11) is 0. The molecule has 1 N–H and O–H groups in total. The lowest BCUT2D eigenvalue weighted by molar-refractivity contribution is 0.299. The van der Waals surface area contributed by atoms with Crippen LogP contribution in [0.5, 0.6) is 5.75 Å². The van der Waals surface area contributed by atoms with E-state index in [0.29, 0.717) is 5.56 Å². The van der Waals surface area contributed by atoms with Crippen LogP contribution in [0.2, 0.25) is 0 Å². The summed E-state index contributed by atoms with van der Waals surface area (Å²) in [6, 6.07) is 14.5. The van der Waals surface area contributed by atoms with Gasteiger partial charge in [0.05, 0.1) is 0 Å². The van der Waals surface area contributed by atoms with Crippen molar-refractivity contribution in [1.29, 1.82) is 0 Å². The highest BCUT2D eigenvalue weighted by Crippen LogP contribution is 2.16. The Balaban J connectivity index is 1.98. The molecule has 0 aliphatic carbocycles. The predicted molar refractivity (Wildman–Crippen MR) is 74.6 cm³/mol. The fourth-order valence-electron chi connectivity index (χ4n) is 1.79. The van der Waals surface area contributed by atoms with Crippen LogP contribution >= 0.6 is 0 Å². The fraction of sp³-hybridized carbons (Fsp3) is 0.250. The van der Waals surface area contributed by atoms with Gasteiger partial charge < -0.3 is 10.1 Å². The third-order valence-electron chi connectivity index (χ3n) is 2.83. The zero-order valence-corrected chi connectivity index (χ0v) is 11.0. The molecule has 2 aromatic rings. The van der Waals surface area contributed by atoms with Gasteiger partial charge in [-0.3, -0.25) is 0 Å². The lowest BCUT2D eigenvalue weighted by atomic mass is 10.2. The van der Waals surface area contributed by atoms with Crippen molar-refractivity contribution >= 4 is 0 Å². The molecule has 0 aliphatic heterocycles. The van der Waals surface area contributed by atoms with Crippen LogP contribution in [0.3, 0.4) is 0 Å². The van der Waals surface area contributed by atoms with E-state index in [2.05, 4.69) is 12.2 Å². The van der Waals surface area contributed by atoms with Crippen molar-refractivity contribution < 1.29 is 9.13 Å². The molecule has 0 aromatic heterocycles. The van der Waals surface area contributed by atoms with Crippen LogP contribution in [-0.4, -0.2) is 6.54 Å². The van der Waals surface area contributed by atoms with Gasteiger partial charge in [0.25, 0.3) is 0 Å².